The Balaban J connectivity index is 1.82. The van der Waals surface area contributed by atoms with Gasteiger partial charge in [-0.05, 0) is 43.4 Å². The standard InChI is InChI=1S/C21H29FN6O3/c1-13(2)10-17(18(29)30-3)25-21-27-19(23-12-16-8-5-9-31-16)26-20(28-21)24-15-7-4-6-14(22)11-15/h4,6-7,11,13,16-17H,5,8-10,12H2,1-3H3,(H3,23,24,25,26,27,28)/t16?,17-/m1/s1. The van der Waals surface area contributed by atoms with Gasteiger partial charge in [-0.25, -0.2) is 9.18 Å². The first-order chi connectivity index (χ1) is 14.9. The van der Waals surface area contributed by atoms with E-state index in [0.29, 0.717) is 24.6 Å². The van der Waals surface area contributed by atoms with E-state index in [2.05, 4.69) is 30.9 Å². The summed E-state index contributed by atoms with van der Waals surface area (Å²) < 4.78 is 24.1. The van der Waals surface area contributed by atoms with Gasteiger partial charge in [0.15, 0.2) is 0 Å². The van der Waals surface area contributed by atoms with E-state index in [9.17, 15) is 9.18 Å². The van der Waals surface area contributed by atoms with Crippen molar-refractivity contribution in [3.05, 3.63) is 30.1 Å². The molecule has 0 saturated carbocycles. The molecule has 2 heterocycles. The Morgan fingerprint density at radius 3 is 2.71 bits per heavy atom. The van der Waals surface area contributed by atoms with Crippen LogP contribution in [-0.2, 0) is 14.3 Å². The molecule has 0 bridgehead atoms. The lowest BCUT2D eigenvalue weighted by atomic mass is 10.0. The first-order valence-corrected chi connectivity index (χ1v) is 10.4. The van der Waals surface area contributed by atoms with Crippen LogP contribution in [-0.4, -0.2) is 53.3 Å². The lowest BCUT2D eigenvalue weighted by Crippen LogP contribution is -2.33. The number of carbonyl (C=O) groups excluding carboxylic acids is 1. The Morgan fingerprint density at radius 2 is 2.03 bits per heavy atom. The molecule has 1 aliphatic rings. The largest absolute Gasteiger partial charge is 0.467 e. The van der Waals surface area contributed by atoms with Crippen molar-refractivity contribution in [2.24, 2.45) is 5.92 Å². The third-order valence-electron chi connectivity index (χ3n) is 4.72. The van der Waals surface area contributed by atoms with Crippen molar-refractivity contribution in [3.8, 4) is 0 Å². The SMILES string of the molecule is COC(=O)[C@@H](CC(C)C)Nc1nc(NCC2CCCO2)nc(Nc2cccc(F)c2)n1. The minimum Gasteiger partial charge on any atom is -0.467 e. The summed E-state index contributed by atoms with van der Waals surface area (Å²) in [6, 6.07) is 5.37. The molecule has 1 fully saturated rings. The van der Waals surface area contributed by atoms with E-state index in [-0.39, 0.29) is 29.7 Å². The molecule has 1 saturated heterocycles. The Morgan fingerprint density at radius 1 is 1.26 bits per heavy atom. The monoisotopic (exact) mass is 432 g/mol. The summed E-state index contributed by atoms with van der Waals surface area (Å²) >= 11 is 0. The fourth-order valence-corrected chi connectivity index (χ4v) is 3.26. The molecular formula is C21H29FN6O3. The molecule has 1 aromatic heterocycles. The predicted octanol–water partition coefficient (Wildman–Crippen LogP) is 3.34. The van der Waals surface area contributed by atoms with Gasteiger partial charge in [0, 0.05) is 18.8 Å². The van der Waals surface area contributed by atoms with Gasteiger partial charge >= 0.3 is 5.97 Å². The van der Waals surface area contributed by atoms with Crippen molar-refractivity contribution < 1.29 is 18.7 Å². The van der Waals surface area contributed by atoms with Crippen LogP contribution < -0.4 is 16.0 Å². The van der Waals surface area contributed by atoms with Crippen molar-refractivity contribution in [2.45, 2.75) is 45.3 Å². The first kappa shape index (κ1) is 22.7. The minimum absolute atomic E-state index is 0.0940. The van der Waals surface area contributed by atoms with Crippen LogP contribution in [0.4, 0.5) is 27.9 Å². The number of carbonyl (C=O) groups is 1. The molecule has 31 heavy (non-hydrogen) atoms. The second kappa shape index (κ2) is 10.9. The quantitative estimate of drug-likeness (QED) is 0.487. The van der Waals surface area contributed by atoms with E-state index in [4.69, 9.17) is 9.47 Å². The van der Waals surface area contributed by atoms with Gasteiger partial charge in [-0.2, -0.15) is 15.0 Å². The third-order valence-corrected chi connectivity index (χ3v) is 4.72. The minimum atomic E-state index is -0.611. The number of benzene rings is 1. The number of hydrogen-bond donors (Lipinski definition) is 3. The van der Waals surface area contributed by atoms with E-state index in [1.54, 1.807) is 12.1 Å². The van der Waals surface area contributed by atoms with E-state index in [1.165, 1.54) is 19.2 Å². The molecule has 0 radical (unpaired) electrons. The van der Waals surface area contributed by atoms with E-state index >= 15 is 0 Å². The van der Waals surface area contributed by atoms with Gasteiger partial charge < -0.3 is 25.4 Å². The zero-order valence-corrected chi connectivity index (χ0v) is 18.0. The van der Waals surface area contributed by atoms with Gasteiger partial charge in [0.1, 0.15) is 11.9 Å². The van der Waals surface area contributed by atoms with Crippen LogP contribution in [0.2, 0.25) is 0 Å². The summed E-state index contributed by atoms with van der Waals surface area (Å²) in [5.41, 5.74) is 0.494. The van der Waals surface area contributed by atoms with E-state index in [1.807, 2.05) is 13.8 Å². The molecule has 0 amide bonds. The summed E-state index contributed by atoms with van der Waals surface area (Å²) in [4.78, 5) is 25.3. The number of nitrogens with one attached hydrogen (secondary N) is 3. The number of methoxy groups -OCH3 is 1. The Hall–Kier alpha value is -3.01. The predicted molar refractivity (Wildman–Crippen MR) is 116 cm³/mol. The number of anilines is 4. The molecule has 1 unspecified atom stereocenters. The van der Waals surface area contributed by atoms with Crippen molar-refractivity contribution in [3.63, 3.8) is 0 Å². The van der Waals surface area contributed by atoms with Crippen molar-refractivity contribution in [1.29, 1.82) is 0 Å². The first-order valence-electron chi connectivity index (χ1n) is 10.4. The zero-order valence-electron chi connectivity index (χ0n) is 18.0. The van der Waals surface area contributed by atoms with Gasteiger partial charge in [-0.15, -0.1) is 0 Å². The molecule has 1 aromatic carbocycles. The number of halogens is 1. The highest BCUT2D eigenvalue weighted by Crippen LogP contribution is 2.19. The van der Waals surface area contributed by atoms with Gasteiger partial charge in [0.05, 0.1) is 13.2 Å². The Labute approximate surface area is 181 Å². The molecule has 3 N–H and O–H groups in total. The second-order valence-corrected chi connectivity index (χ2v) is 7.81. The molecule has 3 rings (SSSR count). The van der Waals surface area contributed by atoms with Crippen LogP contribution in [0.5, 0.6) is 0 Å². The van der Waals surface area contributed by atoms with Crippen LogP contribution in [0.15, 0.2) is 24.3 Å². The molecule has 9 nitrogen and oxygen atoms in total. The van der Waals surface area contributed by atoms with Crippen LogP contribution in [0.25, 0.3) is 0 Å². The van der Waals surface area contributed by atoms with Gasteiger partial charge in [0.25, 0.3) is 0 Å². The maximum atomic E-state index is 13.6. The summed E-state index contributed by atoms with van der Waals surface area (Å²) in [7, 11) is 1.34. The van der Waals surface area contributed by atoms with Gasteiger partial charge in [-0.3, -0.25) is 0 Å². The summed E-state index contributed by atoms with van der Waals surface area (Å²) in [6.45, 7) is 5.32. The molecular weight excluding hydrogens is 403 g/mol. The molecule has 168 valence electrons. The molecule has 2 atom stereocenters. The van der Waals surface area contributed by atoms with Crippen molar-refractivity contribution in [2.75, 3.05) is 36.2 Å². The highest BCUT2D eigenvalue weighted by atomic mass is 19.1. The second-order valence-electron chi connectivity index (χ2n) is 7.81. The summed E-state index contributed by atoms with van der Waals surface area (Å²) in [5.74, 6) is 0.214. The Bertz CT molecular complexity index is 876. The zero-order chi connectivity index (χ0) is 22.2. The van der Waals surface area contributed by atoms with Crippen LogP contribution in [0, 0.1) is 11.7 Å². The highest BCUT2D eigenvalue weighted by Gasteiger charge is 2.22. The van der Waals surface area contributed by atoms with Gasteiger partial charge in [-0.1, -0.05) is 19.9 Å². The smallest absolute Gasteiger partial charge is 0.328 e. The maximum absolute atomic E-state index is 13.6. The number of nitrogens with zero attached hydrogens (tertiary/aromatic N) is 3. The maximum Gasteiger partial charge on any atom is 0.328 e. The summed E-state index contributed by atoms with van der Waals surface area (Å²) in [6.07, 6.45) is 2.63. The molecule has 0 aliphatic carbocycles. The fraction of sp³-hybridized carbons (Fsp3) is 0.524. The number of hydrogen-bond acceptors (Lipinski definition) is 9. The third kappa shape index (κ3) is 7.02. The number of ether oxygens (including phenoxy) is 2. The molecule has 0 spiro atoms. The normalized spacial score (nSPS) is 16.7. The van der Waals surface area contributed by atoms with Crippen molar-refractivity contribution >= 4 is 29.5 Å². The average molecular weight is 433 g/mol. The van der Waals surface area contributed by atoms with E-state index in [0.717, 1.165) is 19.4 Å². The number of aromatic nitrogens is 3. The molecule has 1 aliphatic heterocycles. The van der Waals surface area contributed by atoms with Crippen LogP contribution >= 0.6 is 0 Å². The topological polar surface area (TPSA) is 110 Å². The van der Waals surface area contributed by atoms with Gasteiger partial charge in [0.2, 0.25) is 17.8 Å². The average Bonchev–Trinajstić information content (AvgIpc) is 3.24. The number of esters is 1. The van der Waals surface area contributed by atoms with Crippen LogP contribution in [0.1, 0.15) is 33.1 Å². The Kier molecular flexibility index (Phi) is 7.94. The lowest BCUT2D eigenvalue weighted by Gasteiger charge is -2.19. The highest BCUT2D eigenvalue weighted by molar-refractivity contribution is 5.78. The summed E-state index contributed by atoms with van der Waals surface area (Å²) in [5, 5.41) is 9.19. The number of rotatable bonds is 10. The molecule has 10 heteroatoms. The molecule has 2 aromatic rings. The van der Waals surface area contributed by atoms with E-state index < -0.39 is 12.0 Å². The lowest BCUT2D eigenvalue weighted by molar-refractivity contribution is -0.141. The fourth-order valence-electron chi connectivity index (χ4n) is 3.26. The van der Waals surface area contributed by atoms with Crippen LogP contribution in [0.3, 0.4) is 0 Å². The van der Waals surface area contributed by atoms with Crippen molar-refractivity contribution in [1.82, 2.24) is 15.0 Å².